The summed E-state index contributed by atoms with van der Waals surface area (Å²) in [5.74, 6) is 0.888. The number of methoxy groups -OCH3 is 1. The topological polar surface area (TPSA) is 38.5 Å². The number of hydrogen-bond acceptors (Lipinski definition) is 3. The zero-order valence-corrected chi connectivity index (χ0v) is 13.4. The van der Waals surface area contributed by atoms with Gasteiger partial charge in [-0.2, -0.15) is 0 Å². The standard InChI is InChI=1S/C16H19BrN2O/c1-19(16-8-5-13(17)11-15(16)18)10-9-12-3-6-14(20-2)7-4-12/h3-8,11H,9-10,18H2,1-2H3. The average Bonchev–Trinajstić information content (AvgIpc) is 2.45. The molecule has 2 aromatic rings. The lowest BCUT2D eigenvalue weighted by Gasteiger charge is -2.21. The van der Waals surface area contributed by atoms with Crippen molar-refractivity contribution in [1.29, 1.82) is 0 Å². The summed E-state index contributed by atoms with van der Waals surface area (Å²) in [5.41, 5.74) is 9.17. The lowest BCUT2D eigenvalue weighted by molar-refractivity contribution is 0.414. The molecule has 3 nitrogen and oxygen atoms in total. The van der Waals surface area contributed by atoms with E-state index in [2.05, 4.69) is 40.0 Å². The van der Waals surface area contributed by atoms with E-state index in [4.69, 9.17) is 10.5 Å². The van der Waals surface area contributed by atoms with E-state index in [9.17, 15) is 0 Å². The van der Waals surface area contributed by atoms with Gasteiger partial charge in [0, 0.05) is 18.1 Å². The fourth-order valence-corrected chi connectivity index (χ4v) is 2.46. The van der Waals surface area contributed by atoms with Gasteiger partial charge < -0.3 is 15.4 Å². The number of nitrogens with two attached hydrogens (primary N) is 1. The van der Waals surface area contributed by atoms with Crippen molar-refractivity contribution in [1.82, 2.24) is 0 Å². The van der Waals surface area contributed by atoms with Crippen LogP contribution in [0.15, 0.2) is 46.9 Å². The van der Waals surface area contributed by atoms with Crippen LogP contribution in [0.25, 0.3) is 0 Å². The van der Waals surface area contributed by atoms with Gasteiger partial charge in [-0.05, 0) is 42.3 Å². The van der Waals surface area contributed by atoms with Gasteiger partial charge in [-0.15, -0.1) is 0 Å². The van der Waals surface area contributed by atoms with E-state index < -0.39 is 0 Å². The fourth-order valence-electron chi connectivity index (χ4n) is 2.08. The van der Waals surface area contributed by atoms with Gasteiger partial charge in [-0.1, -0.05) is 28.1 Å². The molecule has 0 amide bonds. The Hall–Kier alpha value is -1.68. The highest BCUT2D eigenvalue weighted by molar-refractivity contribution is 9.10. The number of hydrogen-bond donors (Lipinski definition) is 1. The number of benzene rings is 2. The number of halogens is 1. The molecule has 0 heterocycles. The average molecular weight is 335 g/mol. The van der Waals surface area contributed by atoms with E-state index in [0.29, 0.717) is 0 Å². The molecule has 0 spiro atoms. The Bertz CT molecular complexity index is 569. The van der Waals surface area contributed by atoms with E-state index in [0.717, 1.165) is 34.6 Å². The Kier molecular flexibility index (Phi) is 4.90. The van der Waals surface area contributed by atoms with Crippen molar-refractivity contribution in [2.24, 2.45) is 0 Å². The molecule has 0 saturated carbocycles. The molecule has 0 unspecified atom stereocenters. The molecule has 0 fully saturated rings. The largest absolute Gasteiger partial charge is 0.497 e. The van der Waals surface area contributed by atoms with Crippen LogP contribution >= 0.6 is 15.9 Å². The van der Waals surface area contributed by atoms with Crippen molar-refractivity contribution in [3.05, 3.63) is 52.5 Å². The van der Waals surface area contributed by atoms with E-state index >= 15 is 0 Å². The molecule has 4 heteroatoms. The van der Waals surface area contributed by atoms with Gasteiger partial charge in [0.25, 0.3) is 0 Å². The molecular formula is C16H19BrN2O. The molecule has 0 aliphatic carbocycles. The minimum absolute atomic E-state index is 0.789. The molecular weight excluding hydrogens is 316 g/mol. The Morgan fingerprint density at radius 3 is 2.45 bits per heavy atom. The molecule has 2 rings (SSSR count). The third kappa shape index (κ3) is 3.67. The van der Waals surface area contributed by atoms with Crippen LogP contribution in [0.4, 0.5) is 11.4 Å². The predicted octanol–water partition coefficient (Wildman–Crippen LogP) is 3.72. The summed E-state index contributed by atoms with van der Waals surface area (Å²) in [7, 11) is 3.74. The van der Waals surface area contributed by atoms with Crippen LogP contribution in [0.3, 0.4) is 0 Å². The number of nitrogen functional groups attached to an aromatic ring is 1. The molecule has 0 aromatic heterocycles. The van der Waals surface area contributed by atoms with E-state index in [1.165, 1.54) is 5.56 Å². The van der Waals surface area contributed by atoms with Gasteiger partial charge in [0.15, 0.2) is 0 Å². The second-order valence-electron chi connectivity index (χ2n) is 4.72. The SMILES string of the molecule is COc1ccc(CCN(C)c2ccc(Br)cc2N)cc1. The van der Waals surface area contributed by atoms with Crippen LogP contribution in [-0.4, -0.2) is 20.7 Å². The molecule has 0 bridgehead atoms. The van der Waals surface area contributed by atoms with Gasteiger partial charge in [-0.3, -0.25) is 0 Å². The maximum Gasteiger partial charge on any atom is 0.118 e. The second kappa shape index (κ2) is 6.66. The first-order chi connectivity index (χ1) is 9.60. The first-order valence-corrected chi connectivity index (χ1v) is 7.28. The summed E-state index contributed by atoms with van der Waals surface area (Å²) in [6.07, 6.45) is 0.968. The highest BCUT2D eigenvalue weighted by Crippen LogP contribution is 2.26. The third-order valence-electron chi connectivity index (χ3n) is 3.30. The number of likely N-dealkylation sites (N-methyl/N-ethyl adjacent to an activating group) is 1. The van der Waals surface area contributed by atoms with Crippen LogP contribution in [-0.2, 0) is 6.42 Å². The van der Waals surface area contributed by atoms with Gasteiger partial charge in [0.05, 0.1) is 18.5 Å². The van der Waals surface area contributed by atoms with Gasteiger partial charge in [-0.25, -0.2) is 0 Å². The molecule has 20 heavy (non-hydrogen) atoms. The predicted molar refractivity (Wildman–Crippen MR) is 88.5 cm³/mol. The molecule has 0 atom stereocenters. The van der Waals surface area contributed by atoms with Crippen molar-refractivity contribution in [3.8, 4) is 5.75 Å². The van der Waals surface area contributed by atoms with E-state index in [-0.39, 0.29) is 0 Å². The summed E-state index contributed by atoms with van der Waals surface area (Å²) in [4.78, 5) is 2.17. The Morgan fingerprint density at radius 2 is 1.85 bits per heavy atom. The summed E-state index contributed by atoms with van der Waals surface area (Å²) in [6, 6.07) is 14.1. The van der Waals surface area contributed by atoms with Crippen LogP contribution in [0, 0.1) is 0 Å². The monoisotopic (exact) mass is 334 g/mol. The van der Waals surface area contributed by atoms with E-state index in [1.54, 1.807) is 7.11 Å². The maximum absolute atomic E-state index is 6.04. The van der Waals surface area contributed by atoms with Crippen molar-refractivity contribution in [2.75, 3.05) is 31.3 Å². The third-order valence-corrected chi connectivity index (χ3v) is 3.79. The summed E-state index contributed by atoms with van der Waals surface area (Å²) in [5, 5.41) is 0. The lowest BCUT2D eigenvalue weighted by Crippen LogP contribution is -2.21. The van der Waals surface area contributed by atoms with Crippen LogP contribution in [0.5, 0.6) is 5.75 Å². The van der Waals surface area contributed by atoms with Crippen molar-refractivity contribution < 1.29 is 4.74 Å². The first-order valence-electron chi connectivity index (χ1n) is 6.49. The minimum atomic E-state index is 0.789. The molecule has 106 valence electrons. The Morgan fingerprint density at radius 1 is 1.15 bits per heavy atom. The second-order valence-corrected chi connectivity index (χ2v) is 5.64. The quantitative estimate of drug-likeness (QED) is 0.847. The molecule has 0 saturated heterocycles. The van der Waals surface area contributed by atoms with Crippen LogP contribution in [0.1, 0.15) is 5.56 Å². The summed E-state index contributed by atoms with van der Waals surface area (Å²) >= 11 is 3.42. The van der Waals surface area contributed by atoms with E-state index in [1.807, 2.05) is 30.3 Å². The summed E-state index contributed by atoms with van der Waals surface area (Å²) < 4.78 is 6.16. The molecule has 2 aromatic carbocycles. The zero-order chi connectivity index (χ0) is 14.5. The van der Waals surface area contributed by atoms with Crippen molar-refractivity contribution >= 4 is 27.3 Å². The highest BCUT2D eigenvalue weighted by atomic mass is 79.9. The van der Waals surface area contributed by atoms with Gasteiger partial charge in [0.2, 0.25) is 0 Å². The minimum Gasteiger partial charge on any atom is -0.497 e. The Balaban J connectivity index is 1.98. The maximum atomic E-state index is 6.04. The zero-order valence-electron chi connectivity index (χ0n) is 11.8. The number of ether oxygens (including phenoxy) is 1. The number of anilines is 2. The Labute approximate surface area is 128 Å². The van der Waals surface area contributed by atoms with Crippen molar-refractivity contribution in [3.63, 3.8) is 0 Å². The lowest BCUT2D eigenvalue weighted by atomic mass is 10.1. The summed E-state index contributed by atoms with van der Waals surface area (Å²) in [6.45, 7) is 0.915. The van der Waals surface area contributed by atoms with Gasteiger partial charge >= 0.3 is 0 Å². The fraction of sp³-hybridized carbons (Fsp3) is 0.250. The number of nitrogens with zero attached hydrogens (tertiary/aromatic N) is 1. The molecule has 0 aliphatic heterocycles. The first kappa shape index (κ1) is 14.7. The normalized spacial score (nSPS) is 10.3. The smallest absolute Gasteiger partial charge is 0.118 e. The van der Waals surface area contributed by atoms with Gasteiger partial charge in [0.1, 0.15) is 5.75 Å². The molecule has 0 aliphatic rings. The highest BCUT2D eigenvalue weighted by Gasteiger charge is 2.06. The molecule has 2 N–H and O–H groups in total. The van der Waals surface area contributed by atoms with Crippen molar-refractivity contribution in [2.45, 2.75) is 6.42 Å². The van der Waals surface area contributed by atoms with Crippen LogP contribution < -0.4 is 15.4 Å². The molecule has 0 radical (unpaired) electrons. The van der Waals surface area contributed by atoms with Crippen LogP contribution in [0.2, 0.25) is 0 Å². The number of rotatable bonds is 5.